The van der Waals surface area contributed by atoms with E-state index in [9.17, 15) is 0 Å². The maximum absolute atomic E-state index is 5.78. The summed E-state index contributed by atoms with van der Waals surface area (Å²) in [5.41, 5.74) is 1.35. The maximum Gasteiger partial charge on any atom is 0.0779 e. The van der Waals surface area contributed by atoms with Crippen LogP contribution >= 0.6 is 15.9 Å². The molecule has 0 saturated carbocycles. The SMILES string of the molecule is CC(NCC1(C)CCCO1)c1ccc(Br)cc1. The third-order valence-electron chi connectivity index (χ3n) is 3.45. The highest BCUT2D eigenvalue weighted by molar-refractivity contribution is 9.10. The minimum Gasteiger partial charge on any atom is -0.374 e. The van der Waals surface area contributed by atoms with Crippen molar-refractivity contribution in [3.8, 4) is 0 Å². The van der Waals surface area contributed by atoms with Crippen LogP contribution in [0.25, 0.3) is 0 Å². The van der Waals surface area contributed by atoms with Crippen LogP contribution < -0.4 is 5.32 Å². The Morgan fingerprint density at radius 1 is 1.41 bits per heavy atom. The average molecular weight is 298 g/mol. The molecule has 0 radical (unpaired) electrons. The summed E-state index contributed by atoms with van der Waals surface area (Å²) in [4.78, 5) is 0. The third kappa shape index (κ3) is 3.54. The topological polar surface area (TPSA) is 21.3 Å². The highest BCUT2D eigenvalue weighted by Gasteiger charge is 2.29. The average Bonchev–Trinajstić information content (AvgIpc) is 2.75. The van der Waals surface area contributed by atoms with Gasteiger partial charge in [-0.1, -0.05) is 28.1 Å². The number of rotatable bonds is 4. The number of hydrogen-bond donors (Lipinski definition) is 1. The normalized spacial score (nSPS) is 26.1. The van der Waals surface area contributed by atoms with Gasteiger partial charge in [-0.3, -0.25) is 0 Å². The first-order valence-electron chi connectivity index (χ1n) is 6.22. The fourth-order valence-electron chi connectivity index (χ4n) is 2.21. The summed E-state index contributed by atoms with van der Waals surface area (Å²) in [6.07, 6.45) is 2.35. The second kappa shape index (κ2) is 5.51. The molecule has 2 rings (SSSR count). The first-order valence-corrected chi connectivity index (χ1v) is 7.01. The number of ether oxygens (including phenoxy) is 1. The summed E-state index contributed by atoms with van der Waals surface area (Å²) in [5.74, 6) is 0. The van der Waals surface area contributed by atoms with Crippen molar-refractivity contribution < 1.29 is 4.74 Å². The first-order chi connectivity index (χ1) is 8.09. The fraction of sp³-hybridized carbons (Fsp3) is 0.571. The van der Waals surface area contributed by atoms with Crippen LogP contribution in [0.1, 0.15) is 38.3 Å². The smallest absolute Gasteiger partial charge is 0.0779 e. The molecule has 2 atom stereocenters. The zero-order valence-corrected chi connectivity index (χ0v) is 12.1. The Bertz CT molecular complexity index is 357. The quantitative estimate of drug-likeness (QED) is 0.916. The molecule has 1 aliphatic heterocycles. The molecule has 1 N–H and O–H groups in total. The van der Waals surface area contributed by atoms with Gasteiger partial charge in [-0.25, -0.2) is 0 Å². The molecule has 1 aliphatic rings. The van der Waals surface area contributed by atoms with Gasteiger partial charge in [0.1, 0.15) is 0 Å². The molecule has 1 saturated heterocycles. The monoisotopic (exact) mass is 297 g/mol. The van der Waals surface area contributed by atoms with Gasteiger partial charge in [-0.05, 0) is 44.4 Å². The summed E-state index contributed by atoms with van der Waals surface area (Å²) in [7, 11) is 0. The van der Waals surface area contributed by atoms with Crippen LogP contribution in [0.2, 0.25) is 0 Å². The largest absolute Gasteiger partial charge is 0.374 e. The molecule has 94 valence electrons. The predicted octanol–water partition coefficient (Wildman–Crippen LogP) is 3.67. The van der Waals surface area contributed by atoms with Crippen LogP contribution in [0.15, 0.2) is 28.7 Å². The Labute approximate surface area is 112 Å². The van der Waals surface area contributed by atoms with Gasteiger partial charge in [0.2, 0.25) is 0 Å². The first kappa shape index (κ1) is 13.1. The van der Waals surface area contributed by atoms with Crippen LogP contribution in [-0.4, -0.2) is 18.8 Å². The zero-order valence-electron chi connectivity index (χ0n) is 10.5. The van der Waals surface area contributed by atoms with Crippen molar-refractivity contribution in [2.45, 2.75) is 38.3 Å². The minimum absolute atomic E-state index is 0.0314. The third-order valence-corrected chi connectivity index (χ3v) is 3.98. The molecule has 0 amide bonds. The van der Waals surface area contributed by atoms with E-state index in [0.29, 0.717) is 6.04 Å². The van der Waals surface area contributed by atoms with E-state index in [1.165, 1.54) is 12.0 Å². The van der Waals surface area contributed by atoms with Gasteiger partial charge >= 0.3 is 0 Å². The van der Waals surface area contributed by atoms with Gasteiger partial charge in [0, 0.05) is 23.7 Å². The molecule has 3 heteroatoms. The lowest BCUT2D eigenvalue weighted by atomic mass is 10.0. The Hall–Kier alpha value is -0.380. The molecule has 1 aromatic carbocycles. The van der Waals surface area contributed by atoms with E-state index >= 15 is 0 Å². The van der Waals surface area contributed by atoms with Crippen LogP contribution in [0.3, 0.4) is 0 Å². The molecule has 2 unspecified atom stereocenters. The van der Waals surface area contributed by atoms with Crippen molar-refractivity contribution in [3.63, 3.8) is 0 Å². The summed E-state index contributed by atoms with van der Waals surface area (Å²) < 4.78 is 6.90. The zero-order chi connectivity index (χ0) is 12.3. The van der Waals surface area contributed by atoms with E-state index in [2.05, 4.69) is 59.4 Å². The molecular formula is C14H20BrNO. The van der Waals surface area contributed by atoms with Gasteiger partial charge in [0.05, 0.1) is 5.60 Å². The molecule has 0 aromatic heterocycles. The standard InChI is InChI=1S/C14H20BrNO/c1-11(12-4-6-13(15)7-5-12)16-10-14(2)8-3-9-17-14/h4-7,11,16H,3,8-10H2,1-2H3. The number of hydrogen-bond acceptors (Lipinski definition) is 2. The van der Waals surface area contributed by atoms with Gasteiger partial charge in [0.25, 0.3) is 0 Å². The van der Waals surface area contributed by atoms with Crippen molar-refractivity contribution in [2.24, 2.45) is 0 Å². The molecular weight excluding hydrogens is 278 g/mol. The molecule has 0 aliphatic carbocycles. The summed E-state index contributed by atoms with van der Waals surface area (Å²) in [6, 6.07) is 8.84. The van der Waals surface area contributed by atoms with Crippen LogP contribution in [0.5, 0.6) is 0 Å². The van der Waals surface area contributed by atoms with E-state index < -0.39 is 0 Å². The minimum atomic E-state index is 0.0314. The van der Waals surface area contributed by atoms with Crippen LogP contribution in [0, 0.1) is 0 Å². The van der Waals surface area contributed by atoms with Crippen molar-refractivity contribution in [1.29, 1.82) is 0 Å². The highest BCUT2D eigenvalue weighted by Crippen LogP contribution is 2.25. The van der Waals surface area contributed by atoms with Crippen molar-refractivity contribution in [2.75, 3.05) is 13.2 Å². The van der Waals surface area contributed by atoms with E-state index in [4.69, 9.17) is 4.74 Å². The Kier molecular flexibility index (Phi) is 4.23. The molecule has 1 aromatic rings. The second-order valence-electron chi connectivity index (χ2n) is 5.06. The molecule has 17 heavy (non-hydrogen) atoms. The van der Waals surface area contributed by atoms with E-state index in [1.54, 1.807) is 0 Å². The lowest BCUT2D eigenvalue weighted by molar-refractivity contribution is 0.0191. The van der Waals surface area contributed by atoms with Gasteiger partial charge in [-0.15, -0.1) is 0 Å². The number of nitrogens with one attached hydrogen (secondary N) is 1. The highest BCUT2D eigenvalue weighted by atomic mass is 79.9. The van der Waals surface area contributed by atoms with Crippen LogP contribution in [0.4, 0.5) is 0 Å². The second-order valence-corrected chi connectivity index (χ2v) is 5.97. The van der Waals surface area contributed by atoms with Crippen molar-refractivity contribution in [3.05, 3.63) is 34.3 Å². The summed E-state index contributed by atoms with van der Waals surface area (Å²) in [6.45, 7) is 6.22. The Morgan fingerprint density at radius 2 is 2.12 bits per heavy atom. The predicted molar refractivity (Wildman–Crippen MR) is 74.2 cm³/mol. The lowest BCUT2D eigenvalue weighted by Crippen LogP contribution is -2.38. The van der Waals surface area contributed by atoms with Crippen molar-refractivity contribution >= 4 is 15.9 Å². The van der Waals surface area contributed by atoms with E-state index in [0.717, 1.165) is 24.0 Å². The lowest BCUT2D eigenvalue weighted by Gasteiger charge is -2.26. The van der Waals surface area contributed by atoms with E-state index in [1.807, 2.05) is 0 Å². The van der Waals surface area contributed by atoms with Crippen molar-refractivity contribution in [1.82, 2.24) is 5.32 Å². The molecule has 2 nitrogen and oxygen atoms in total. The summed E-state index contributed by atoms with van der Waals surface area (Å²) >= 11 is 3.46. The Balaban J connectivity index is 1.88. The van der Waals surface area contributed by atoms with Gasteiger partial charge in [-0.2, -0.15) is 0 Å². The number of benzene rings is 1. The molecule has 0 spiro atoms. The fourth-order valence-corrected chi connectivity index (χ4v) is 2.48. The van der Waals surface area contributed by atoms with E-state index in [-0.39, 0.29) is 5.60 Å². The van der Waals surface area contributed by atoms with Gasteiger partial charge < -0.3 is 10.1 Å². The Morgan fingerprint density at radius 3 is 2.71 bits per heavy atom. The van der Waals surface area contributed by atoms with Gasteiger partial charge in [0.15, 0.2) is 0 Å². The summed E-state index contributed by atoms with van der Waals surface area (Å²) in [5, 5.41) is 3.56. The number of halogens is 1. The molecule has 1 heterocycles. The molecule has 1 fully saturated rings. The molecule has 0 bridgehead atoms. The van der Waals surface area contributed by atoms with Crippen LogP contribution in [-0.2, 0) is 4.74 Å². The maximum atomic E-state index is 5.78.